The van der Waals surface area contributed by atoms with Gasteiger partial charge in [0.05, 0.1) is 12.7 Å². The number of esters is 2. The predicted octanol–water partition coefficient (Wildman–Crippen LogP) is 3.33. The molecule has 0 aromatic rings. The zero-order valence-corrected chi connectivity index (χ0v) is 13.1. The number of hydrogen-bond acceptors (Lipinski definition) is 4. The molecule has 4 heteroatoms. The van der Waals surface area contributed by atoms with Crippen LogP contribution in [0.1, 0.15) is 60.8 Å². The minimum atomic E-state index is -1.15. The molecule has 0 saturated heterocycles. The van der Waals surface area contributed by atoms with E-state index in [0.29, 0.717) is 18.8 Å². The van der Waals surface area contributed by atoms with Gasteiger partial charge < -0.3 is 9.47 Å². The summed E-state index contributed by atoms with van der Waals surface area (Å²) in [6.45, 7) is 11.6. The molecular weight excluding hydrogens is 244 g/mol. The van der Waals surface area contributed by atoms with Crippen LogP contribution in [0.2, 0.25) is 0 Å². The second kappa shape index (κ2) is 8.18. The van der Waals surface area contributed by atoms with Crippen molar-refractivity contribution in [2.75, 3.05) is 6.61 Å². The smallest absolute Gasteiger partial charge is 0.323 e. The molecule has 4 nitrogen and oxygen atoms in total. The fourth-order valence-electron chi connectivity index (χ4n) is 2.19. The molecule has 0 fully saturated rings. The van der Waals surface area contributed by atoms with Crippen LogP contribution in [-0.4, -0.2) is 24.6 Å². The van der Waals surface area contributed by atoms with Gasteiger partial charge >= 0.3 is 11.9 Å². The monoisotopic (exact) mass is 272 g/mol. The molecule has 0 spiro atoms. The van der Waals surface area contributed by atoms with Crippen molar-refractivity contribution >= 4 is 11.9 Å². The Morgan fingerprint density at radius 2 is 1.53 bits per heavy atom. The Balaban J connectivity index is 4.88. The first-order valence-corrected chi connectivity index (χ1v) is 7.22. The van der Waals surface area contributed by atoms with E-state index in [1.54, 1.807) is 6.92 Å². The summed E-state index contributed by atoms with van der Waals surface area (Å²) in [5.74, 6) is -0.478. The van der Waals surface area contributed by atoms with E-state index < -0.39 is 17.4 Å². The van der Waals surface area contributed by atoms with Crippen LogP contribution in [0, 0.1) is 11.3 Å². The average Bonchev–Trinajstić information content (AvgIpc) is 2.30. The van der Waals surface area contributed by atoms with Gasteiger partial charge in [0, 0.05) is 0 Å². The number of rotatable bonds is 8. The van der Waals surface area contributed by atoms with Crippen molar-refractivity contribution in [2.24, 2.45) is 11.3 Å². The van der Waals surface area contributed by atoms with Crippen LogP contribution in [0.15, 0.2) is 0 Å². The van der Waals surface area contributed by atoms with Crippen LogP contribution in [0.3, 0.4) is 0 Å². The van der Waals surface area contributed by atoms with Crippen molar-refractivity contribution in [1.29, 1.82) is 0 Å². The van der Waals surface area contributed by atoms with Crippen LogP contribution in [0.5, 0.6) is 0 Å². The molecule has 0 aromatic heterocycles. The van der Waals surface area contributed by atoms with Gasteiger partial charge in [0.2, 0.25) is 0 Å². The first kappa shape index (κ1) is 17.9. The third-order valence-electron chi connectivity index (χ3n) is 3.38. The largest absolute Gasteiger partial charge is 0.465 e. The minimum absolute atomic E-state index is 0.181. The van der Waals surface area contributed by atoms with Gasteiger partial charge in [-0.1, -0.05) is 27.7 Å². The molecule has 0 aliphatic carbocycles. The fraction of sp³-hybridized carbons (Fsp3) is 0.867. The predicted molar refractivity (Wildman–Crippen MR) is 74.7 cm³/mol. The van der Waals surface area contributed by atoms with Gasteiger partial charge in [-0.2, -0.15) is 0 Å². The SMILES string of the molecule is CCOC(=O)C(CC)(CC)C(=O)OC(C)CC(C)C. The Bertz CT molecular complexity index is 293. The van der Waals surface area contributed by atoms with E-state index in [4.69, 9.17) is 9.47 Å². The Morgan fingerprint density at radius 3 is 1.89 bits per heavy atom. The highest BCUT2D eigenvalue weighted by molar-refractivity contribution is 6.00. The molecule has 0 heterocycles. The van der Waals surface area contributed by atoms with Gasteiger partial charge in [-0.25, -0.2) is 0 Å². The maximum atomic E-state index is 12.3. The first-order valence-electron chi connectivity index (χ1n) is 7.22. The van der Waals surface area contributed by atoms with Crippen molar-refractivity contribution in [3.05, 3.63) is 0 Å². The van der Waals surface area contributed by atoms with E-state index in [-0.39, 0.29) is 12.7 Å². The highest BCUT2D eigenvalue weighted by atomic mass is 16.6. The Kier molecular flexibility index (Phi) is 7.72. The molecule has 0 aliphatic heterocycles. The number of ether oxygens (including phenoxy) is 2. The van der Waals surface area contributed by atoms with Gasteiger partial charge in [-0.3, -0.25) is 9.59 Å². The molecule has 0 N–H and O–H groups in total. The van der Waals surface area contributed by atoms with Crippen molar-refractivity contribution in [1.82, 2.24) is 0 Å². The molecule has 112 valence electrons. The van der Waals surface area contributed by atoms with Gasteiger partial charge in [-0.05, 0) is 39.0 Å². The van der Waals surface area contributed by atoms with Gasteiger partial charge in [0.25, 0.3) is 0 Å². The topological polar surface area (TPSA) is 52.6 Å². The lowest BCUT2D eigenvalue weighted by molar-refractivity contribution is -0.176. The Hall–Kier alpha value is -1.06. The van der Waals surface area contributed by atoms with E-state index in [9.17, 15) is 9.59 Å². The molecular formula is C15H28O4. The summed E-state index contributed by atoms with van der Waals surface area (Å²) in [6, 6.07) is 0. The molecule has 1 unspecified atom stereocenters. The van der Waals surface area contributed by atoms with E-state index in [1.165, 1.54) is 0 Å². The lowest BCUT2D eigenvalue weighted by Gasteiger charge is -2.28. The minimum Gasteiger partial charge on any atom is -0.465 e. The lowest BCUT2D eigenvalue weighted by Crippen LogP contribution is -2.42. The van der Waals surface area contributed by atoms with Crippen LogP contribution in [-0.2, 0) is 19.1 Å². The van der Waals surface area contributed by atoms with Crippen molar-refractivity contribution < 1.29 is 19.1 Å². The standard InChI is InChI=1S/C15H28O4/c1-7-15(8-2,13(16)18-9-3)14(17)19-12(6)10-11(4)5/h11-12H,7-10H2,1-6H3. The molecule has 0 aromatic carbocycles. The zero-order valence-electron chi connectivity index (χ0n) is 13.1. The summed E-state index contributed by atoms with van der Waals surface area (Å²) in [5, 5.41) is 0. The molecule has 0 aliphatic rings. The third kappa shape index (κ3) is 4.84. The maximum absolute atomic E-state index is 12.3. The van der Waals surface area contributed by atoms with Crippen LogP contribution >= 0.6 is 0 Å². The number of carbonyl (C=O) groups excluding carboxylic acids is 2. The molecule has 1 atom stereocenters. The maximum Gasteiger partial charge on any atom is 0.323 e. The molecule has 0 bridgehead atoms. The second-order valence-corrected chi connectivity index (χ2v) is 5.36. The molecule has 0 rings (SSSR count). The van der Waals surface area contributed by atoms with Crippen molar-refractivity contribution in [3.63, 3.8) is 0 Å². The van der Waals surface area contributed by atoms with Crippen molar-refractivity contribution in [3.8, 4) is 0 Å². The van der Waals surface area contributed by atoms with E-state index >= 15 is 0 Å². The van der Waals surface area contributed by atoms with Gasteiger partial charge in [0.15, 0.2) is 5.41 Å². The summed E-state index contributed by atoms with van der Waals surface area (Å²) in [4.78, 5) is 24.4. The van der Waals surface area contributed by atoms with Crippen molar-refractivity contribution in [2.45, 2.75) is 66.9 Å². The normalized spacial score (nSPS) is 13.2. The average molecular weight is 272 g/mol. The fourth-order valence-corrected chi connectivity index (χ4v) is 2.19. The van der Waals surface area contributed by atoms with Crippen LogP contribution in [0.25, 0.3) is 0 Å². The Morgan fingerprint density at radius 1 is 1.00 bits per heavy atom. The molecule has 0 radical (unpaired) electrons. The second-order valence-electron chi connectivity index (χ2n) is 5.36. The van der Waals surface area contributed by atoms with E-state index in [2.05, 4.69) is 13.8 Å². The lowest BCUT2D eigenvalue weighted by atomic mass is 9.82. The summed E-state index contributed by atoms with van der Waals surface area (Å²) < 4.78 is 10.5. The highest BCUT2D eigenvalue weighted by Crippen LogP contribution is 2.31. The molecule has 0 amide bonds. The number of carbonyl (C=O) groups is 2. The van der Waals surface area contributed by atoms with Gasteiger partial charge in [0.1, 0.15) is 0 Å². The summed E-state index contributed by atoms with van der Waals surface area (Å²) in [5.41, 5.74) is -1.15. The summed E-state index contributed by atoms with van der Waals surface area (Å²) in [7, 11) is 0. The van der Waals surface area contributed by atoms with Gasteiger partial charge in [-0.15, -0.1) is 0 Å². The zero-order chi connectivity index (χ0) is 15.1. The first-order chi connectivity index (χ1) is 8.83. The Labute approximate surface area is 116 Å². The highest BCUT2D eigenvalue weighted by Gasteiger charge is 2.46. The van der Waals surface area contributed by atoms with E-state index in [0.717, 1.165) is 6.42 Å². The van der Waals surface area contributed by atoms with Crippen LogP contribution < -0.4 is 0 Å². The third-order valence-corrected chi connectivity index (χ3v) is 3.38. The summed E-state index contributed by atoms with van der Waals surface area (Å²) >= 11 is 0. The summed E-state index contributed by atoms with van der Waals surface area (Å²) in [6.07, 6.45) is 1.41. The van der Waals surface area contributed by atoms with E-state index in [1.807, 2.05) is 20.8 Å². The molecule has 19 heavy (non-hydrogen) atoms. The number of hydrogen-bond donors (Lipinski definition) is 0. The molecule has 0 saturated carbocycles. The van der Waals surface area contributed by atoms with Crippen LogP contribution in [0.4, 0.5) is 0 Å². The quantitative estimate of drug-likeness (QED) is 0.502.